The summed E-state index contributed by atoms with van der Waals surface area (Å²) < 4.78 is 24.1. The van der Waals surface area contributed by atoms with Crippen molar-refractivity contribution in [2.45, 2.75) is 20.8 Å². The Bertz CT molecular complexity index is 402. The number of benzene rings is 1. The average molecular weight is 254 g/mol. The van der Waals surface area contributed by atoms with Gasteiger partial charge in [-0.25, -0.2) is 4.39 Å². The Balaban J connectivity index is 2.53. The fourth-order valence-corrected chi connectivity index (χ4v) is 1.45. The van der Waals surface area contributed by atoms with Gasteiger partial charge in [-0.2, -0.15) is 0 Å². The van der Waals surface area contributed by atoms with Crippen LogP contribution in [0.3, 0.4) is 0 Å². The summed E-state index contributed by atoms with van der Waals surface area (Å²) in [6, 6.07) is 4.32. The molecule has 0 atom stereocenters. The van der Waals surface area contributed by atoms with E-state index in [-0.39, 0.29) is 23.7 Å². The Labute approximate surface area is 107 Å². The van der Waals surface area contributed by atoms with Gasteiger partial charge in [0.1, 0.15) is 6.61 Å². The Morgan fingerprint density at radius 2 is 2.06 bits per heavy atom. The van der Waals surface area contributed by atoms with Gasteiger partial charge in [-0.3, -0.25) is 4.79 Å². The van der Waals surface area contributed by atoms with E-state index in [2.05, 4.69) is 0 Å². The van der Waals surface area contributed by atoms with Gasteiger partial charge < -0.3 is 9.47 Å². The Morgan fingerprint density at radius 1 is 1.33 bits per heavy atom. The standard InChI is InChI=1S/C14H19FO3/c1-10(2)9-17-7-8-18-14-12(11(3)16)5-4-6-13(14)15/h4-6,10H,7-9H2,1-3H3. The van der Waals surface area contributed by atoms with Crippen LogP contribution in [-0.2, 0) is 4.74 Å². The molecule has 3 nitrogen and oxygen atoms in total. The molecular formula is C14H19FO3. The highest BCUT2D eigenvalue weighted by atomic mass is 19.1. The number of para-hydroxylation sites is 1. The molecule has 0 N–H and O–H groups in total. The molecule has 0 saturated heterocycles. The lowest BCUT2D eigenvalue weighted by Gasteiger charge is -2.11. The SMILES string of the molecule is CC(=O)c1cccc(F)c1OCCOCC(C)C. The second kappa shape index (κ2) is 7.11. The Hall–Kier alpha value is -1.42. The fourth-order valence-electron chi connectivity index (χ4n) is 1.45. The van der Waals surface area contributed by atoms with Crippen molar-refractivity contribution in [3.63, 3.8) is 0 Å². The molecule has 0 aliphatic rings. The first-order valence-electron chi connectivity index (χ1n) is 6.02. The highest BCUT2D eigenvalue weighted by Gasteiger charge is 2.13. The molecular weight excluding hydrogens is 235 g/mol. The van der Waals surface area contributed by atoms with Crippen molar-refractivity contribution < 1.29 is 18.7 Å². The van der Waals surface area contributed by atoms with Gasteiger partial charge in [-0.05, 0) is 25.0 Å². The summed E-state index contributed by atoms with van der Waals surface area (Å²) >= 11 is 0. The molecule has 1 aromatic rings. The molecule has 0 heterocycles. The van der Waals surface area contributed by atoms with Crippen LogP contribution in [0.4, 0.5) is 4.39 Å². The lowest BCUT2D eigenvalue weighted by molar-refractivity contribution is 0.0799. The van der Waals surface area contributed by atoms with Crippen LogP contribution in [0.25, 0.3) is 0 Å². The van der Waals surface area contributed by atoms with Crippen LogP contribution >= 0.6 is 0 Å². The van der Waals surface area contributed by atoms with Crippen LogP contribution < -0.4 is 4.74 Å². The van der Waals surface area contributed by atoms with Crippen LogP contribution in [0.15, 0.2) is 18.2 Å². The number of rotatable bonds is 7. The summed E-state index contributed by atoms with van der Waals surface area (Å²) in [4.78, 5) is 11.3. The predicted octanol–water partition coefficient (Wildman–Crippen LogP) is 3.08. The van der Waals surface area contributed by atoms with Crippen LogP contribution in [0, 0.1) is 11.7 Å². The third-order valence-corrected chi connectivity index (χ3v) is 2.27. The molecule has 0 fully saturated rings. The molecule has 1 rings (SSSR count). The van der Waals surface area contributed by atoms with Gasteiger partial charge in [-0.15, -0.1) is 0 Å². The molecule has 1 aromatic carbocycles. The van der Waals surface area contributed by atoms with E-state index in [4.69, 9.17) is 9.47 Å². The van der Waals surface area contributed by atoms with Gasteiger partial charge in [0.2, 0.25) is 0 Å². The van der Waals surface area contributed by atoms with E-state index in [1.807, 2.05) is 13.8 Å². The van der Waals surface area contributed by atoms with Gasteiger partial charge in [0, 0.05) is 6.61 Å². The van der Waals surface area contributed by atoms with E-state index in [9.17, 15) is 9.18 Å². The molecule has 0 aliphatic carbocycles. The number of hydrogen-bond donors (Lipinski definition) is 0. The van der Waals surface area contributed by atoms with Gasteiger partial charge >= 0.3 is 0 Å². The minimum Gasteiger partial charge on any atom is -0.487 e. The normalized spacial score (nSPS) is 10.7. The van der Waals surface area contributed by atoms with E-state index in [1.165, 1.54) is 19.1 Å². The molecule has 0 unspecified atom stereocenters. The number of halogens is 1. The minimum atomic E-state index is -0.522. The lowest BCUT2D eigenvalue weighted by atomic mass is 10.1. The maximum Gasteiger partial charge on any atom is 0.165 e. The summed E-state index contributed by atoms with van der Waals surface area (Å²) in [6.45, 7) is 6.73. The molecule has 0 aromatic heterocycles. The lowest BCUT2D eigenvalue weighted by Crippen LogP contribution is -2.12. The first kappa shape index (κ1) is 14.6. The van der Waals surface area contributed by atoms with E-state index >= 15 is 0 Å². The fraction of sp³-hybridized carbons (Fsp3) is 0.500. The van der Waals surface area contributed by atoms with Crippen molar-refractivity contribution in [3.8, 4) is 5.75 Å². The van der Waals surface area contributed by atoms with Crippen LogP contribution in [0.5, 0.6) is 5.75 Å². The van der Waals surface area contributed by atoms with Crippen molar-refractivity contribution in [2.24, 2.45) is 5.92 Å². The summed E-state index contributed by atoms with van der Waals surface area (Å²) in [5, 5.41) is 0. The number of ether oxygens (including phenoxy) is 2. The molecule has 0 aliphatic heterocycles. The van der Waals surface area contributed by atoms with Crippen LogP contribution in [-0.4, -0.2) is 25.6 Å². The number of carbonyl (C=O) groups excluding carboxylic acids is 1. The summed E-state index contributed by atoms with van der Waals surface area (Å²) in [7, 11) is 0. The maximum absolute atomic E-state index is 13.5. The topological polar surface area (TPSA) is 35.5 Å². The molecule has 18 heavy (non-hydrogen) atoms. The number of carbonyl (C=O) groups is 1. The molecule has 0 radical (unpaired) electrons. The molecule has 0 saturated carbocycles. The quantitative estimate of drug-likeness (QED) is 0.554. The second-order valence-electron chi connectivity index (χ2n) is 4.49. The summed E-state index contributed by atoms with van der Waals surface area (Å²) in [5.74, 6) is -0.274. The first-order valence-corrected chi connectivity index (χ1v) is 6.02. The zero-order valence-electron chi connectivity index (χ0n) is 11.0. The highest BCUT2D eigenvalue weighted by molar-refractivity contribution is 5.96. The van der Waals surface area contributed by atoms with Gasteiger partial charge in [0.25, 0.3) is 0 Å². The zero-order valence-corrected chi connectivity index (χ0v) is 11.0. The van der Waals surface area contributed by atoms with Crippen molar-refractivity contribution >= 4 is 5.78 Å². The zero-order chi connectivity index (χ0) is 13.5. The summed E-state index contributed by atoms with van der Waals surface area (Å²) in [5.41, 5.74) is 0.263. The summed E-state index contributed by atoms with van der Waals surface area (Å²) in [6.07, 6.45) is 0. The van der Waals surface area contributed by atoms with E-state index in [1.54, 1.807) is 6.07 Å². The number of ketones is 1. The van der Waals surface area contributed by atoms with E-state index in [0.717, 1.165) is 0 Å². The van der Waals surface area contributed by atoms with Crippen molar-refractivity contribution in [1.82, 2.24) is 0 Å². The second-order valence-corrected chi connectivity index (χ2v) is 4.49. The molecule has 4 heteroatoms. The monoisotopic (exact) mass is 254 g/mol. The van der Waals surface area contributed by atoms with Crippen molar-refractivity contribution in [3.05, 3.63) is 29.6 Å². The van der Waals surface area contributed by atoms with Gasteiger partial charge in [0.05, 0.1) is 12.2 Å². The molecule has 0 spiro atoms. The Kier molecular flexibility index (Phi) is 5.78. The third kappa shape index (κ3) is 4.45. The van der Waals surface area contributed by atoms with Gasteiger partial charge in [0.15, 0.2) is 17.3 Å². The van der Waals surface area contributed by atoms with Crippen LogP contribution in [0.1, 0.15) is 31.1 Å². The molecule has 100 valence electrons. The predicted molar refractivity (Wildman–Crippen MR) is 67.6 cm³/mol. The maximum atomic E-state index is 13.5. The third-order valence-electron chi connectivity index (χ3n) is 2.27. The van der Waals surface area contributed by atoms with Crippen LogP contribution in [0.2, 0.25) is 0 Å². The largest absolute Gasteiger partial charge is 0.487 e. The molecule has 0 amide bonds. The van der Waals surface area contributed by atoms with Gasteiger partial charge in [-0.1, -0.05) is 19.9 Å². The van der Waals surface area contributed by atoms with Crippen molar-refractivity contribution in [2.75, 3.05) is 19.8 Å². The average Bonchev–Trinajstić information content (AvgIpc) is 2.29. The Morgan fingerprint density at radius 3 is 2.67 bits per heavy atom. The van der Waals surface area contributed by atoms with Crippen molar-refractivity contribution in [1.29, 1.82) is 0 Å². The highest BCUT2D eigenvalue weighted by Crippen LogP contribution is 2.22. The minimum absolute atomic E-state index is 0.0122. The number of hydrogen-bond acceptors (Lipinski definition) is 3. The first-order chi connectivity index (χ1) is 8.52. The molecule has 0 bridgehead atoms. The smallest absolute Gasteiger partial charge is 0.165 e. The number of Topliss-reactive ketones (excluding diaryl/α,β-unsaturated/α-hetero) is 1. The van der Waals surface area contributed by atoms with E-state index in [0.29, 0.717) is 19.1 Å². The van der Waals surface area contributed by atoms with E-state index < -0.39 is 5.82 Å².